The number of hydrogen-bond donors (Lipinski definition) is 1. The van der Waals surface area contributed by atoms with E-state index in [1.807, 2.05) is 19.1 Å². The van der Waals surface area contributed by atoms with Gasteiger partial charge in [0.25, 0.3) is 0 Å². The largest absolute Gasteiger partial charge is 0.397 e. The molecule has 4 heteroatoms. The number of nitrogens with zero attached hydrogens (tertiary/aromatic N) is 2. The van der Waals surface area contributed by atoms with Crippen LogP contribution in [0, 0.1) is 5.82 Å². The van der Waals surface area contributed by atoms with E-state index >= 15 is 0 Å². The van der Waals surface area contributed by atoms with Crippen LogP contribution in [0.1, 0.15) is 12.5 Å². The minimum atomic E-state index is -0.309. The molecule has 2 N–H and O–H groups in total. The molecule has 0 aliphatic heterocycles. The molecule has 3 nitrogen and oxygen atoms in total. The SMILES string of the molecule is CCN(Cc1ccncc1)c1ccc(F)cc1N. The van der Waals surface area contributed by atoms with Crippen molar-refractivity contribution < 1.29 is 4.39 Å². The molecular weight excluding hydrogens is 229 g/mol. The number of anilines is 2. The molecule has 0 aliphatic carbocycles. The van der Waals surface area contributed by atoms with Crippen molar-refractivity contribution in [2.24, 2.45) is 0 Å². The van der Waals surface area contributed by atoms with E-state index < -0.39 is 0 Å². The van der Waals surface area contributed by atoms with Gasteiger partial charge in [-0.1, -0.05) is 0 Å². The average Bonchev–Trinajstić information content (AvgIpc) is 2.38. The van der Waals surface area contributed by atoms with Crippen molar-refractivity contribution in [3.05, 3.63) is 54.1 Å². The fourth-order valence-corrected chi connectivity index (χ4v) is 1.89. The summed E-state index contributed by atoms with van der Waals surface area (Å²) in [6.07, 6.45) is 3.52. The van der Waals surface area contributed by atoms with E-state index in [1.165, 1.54) is 12.1 Å². The number of hydrogen-bond acceptors (Lipinski definition) is 3. The van der Waals surface area contributed by atoms with E-state index in [0.29, 0.717) is 5.69 Å². The Labute approximate surface area is 106 Å². The first kappa shape index (κ1) is 12.4. The molecule has 0 aliphatic rings. The molecule has 0 saturated heterocycles. The summed E-state index contributed by atoms with van der Waals surface area (Å²) in [5, 5.41) is 0. The number of nitrogen functional groups attached to an aromatic ring is 1. The minimum Gasteiger partial charge on any atom is -0.397 e. The van der Waals surface area contributed by atoms with Gasteiger partial charge < -0.3 is 10.6 Å². The van der Waals surface area contributed by atoms with E-state index in [4.69, 9.17) is 5.73 Å². The maximum Gasteiger partial charge on any atom is 0.125 e. The van der Waals surface area contributed by atoms with Gasteiger partial charge in [-0.2, -0.15) is 0 Å². The lowest BCUT2D eigenvalue weighted by Gasteiger charge is -2.24. The molecule has 1 aromatic heterocycles. The van der Waals surface area contributed by atoms with Gasteiger partial charge >= 0.3 is 0 Å². The second-order valence-corrected chi connectivity index (χ2v) is 4.07. The number of halogens is 1. The van der Waals surface area contributed by atoms with Crippen LogP contribution in [0.2, 0.25) is 0 Å². The van der Waals surface area contributed by atoms with E-state index in [0.717, 1.165) is 24.3 Å². The summed E-state index contributed by atoms with van der Waals surface area (Å²) in [5.74, 6) is -0.309. The molecule has 0 atom stereocenters. The first-order valence-electron chi connectivity index (χ1n) is 5.89. The van der Waals surface area contributed by atoms with E-state index in [9.17, 15) is 4.39 Å². The van der Waals surface area contributed by atoms with Crippen molar-refractivity contribution >= 4 is 11.4 Å². The Morgan fingerprint density at radius 2 is 1.94 bits per heavy atom. The fraction of sp³-hybridized carbons (Fsp3) is 0.214. The molecule has 18 heavy (non-hydrogen) atoms. The Kier molecular flexibility index (Phi) is 3.77. The highest BCUT2D eigenvalue weighted by Crippen LogP contribution is 2.25. The van der Waals surface area contributed by atoms with Crippen LogP contribution in [0.25, 0.3) is 0 Å². The van der Waals surface area contributed by atoms with Gasteiger partial charge in [0.05, 0.1) is 11.4 Å². The van der Waals surface area contributed by atoms with Crippen LogP contribution < -0.4 is 10.6 Å². The van der Waals surface area contributed by atoms with Gasteiger partial charge in [0.1, 0.15) is 5.82 Å². The molecule has 0 bridgehead atoms. The van der Waals surface area contributed by atoms with Crippen LogP contribution in [0.3, 0.4) is 0 Å². The Morgan fingerprint density at radius 1 is 1.22 bits per heavy atom. The van der Waals surface area contributed by atoms with Crippen molar-refractivity contribution in [2.45, 2.75) is 13.5 Å². The van der Waals surface area contributed by atoms with E-state index in [-0.39, 0.29) is 5.82 Å². The van der Waals surface area contributed by atoms with Crippen LogP contribution in [0.4, 0.5) is 15.8 Å². The molecule has 1 aromatic carbocycles. The lowest BCUT2D eigenvalue weighted by molar-refractivity contribution is 0.628. The second kappa shape index (κ2) is 5.49. The van der Waals surface area contributed by atoms with E-state index in [1.54, 1.807) is 18.5 Å². The van der Waals surface area contributed by atoms with Gasteiger partial charge in [0.2, 0.25) is 0 Å². The zero-order valence-electron chi connectivity index (χ0n) is 10.3. The Bertz CT molecular complexity index is 514. The molecule has 0 fully saturated rings. The number of benzene rings is 1. The van der Waals surface area contributed by atoms with Crippen LogP contribution in [0.5, 0.6) is 0 Å². The highest BCUT2D eigenvalue weighted by molar-refractivity contribution is 5.67. The number of rotatable bonds is 4. The summed E-state index contributed by atoms with van der Waals surface area (Å²) in [6.45, 7) is 3.58. The van der Waals surface area contributed by atoms with Gasteiger partial charge in [0.15, 0.2) is 0 Å². The summed E-state index contributed by atoms with van der Waals surface area (Å²) in [7, 11) is 0. The number of nitrogens with two attached hydrogens (primary N) is 1. The van der Waals surface area contributed by atoms with Gasteiger partial charge in [-0.15, -0.1) is 0 Å². The Balaban J connectivity index is 2.23. The summed E-state index contributed by atoms with van der Waals surface area (Å²) >= 11 is 0. The minimum absolute atomic E-state index is 0.309. The van der Waals surface area contributed by atoms with E-state index in [2.05, 4.69) is 9.88 Å². The predicted molar refractivity (Wildman–Crippen MR) is 71.8 cm³/mol. The fourth-order valence-electron chi connectivity index (χ4n) is 1.89. The number of aromatic nitrogens is 1. The third-order valence-corrected chi connectivity index (χ3v) is 2.83. The van der Waals surface area contributed by atoms with Gasteiger partial charge in [-0.25, -0.2) is 4.39 Å². The highest BCUT2D eigenvalue weighted by Gasteiger charge is 2.09. The standard InChI is InChI=1S/C14H16FN3/c1-2-18(10-11-5-7-17-8-6-11)14-4-3-12(15)9-13(14)16/h3-9H,2,10,16H2,1H3. The zero-order valence-corrected chi connectivity index (χ0v) is 10.3. The molecule has 0 spiro atoms. The zero-order chi connectivity index (χ0) is 13.0. The summed E-state index contributed by atoms with van der Waals surface area (Å²) in [6, 6.07) is 8.42. The predicted octanol–water partition coefficient (Wildman–Crippen LogP) is 2.83. The molecule has 0 radical (unpaired) electrons. The van der Waals surface area contributed by atoms with Gasteiger partial charge in [-0.3, -0.25) is 4.98 Å². The first-order valence-corrected chi connectivity index (χ1v) is 5.89. The second-order valence-electron chi connectivity index (χ2n) is 4.07. The smallest absolute Gasteiger partial charge is 0.125 e. The summed E-state index contributed by atoms with van der Waals surface area (Å²) in [5.41, 5.74) is 8.33. The molecule has 1 heterocycles. The third-order valence-electron chi connectivity index (χ3n) is 2.83. The monoisotopic (exact) mass is 245 g/mol. The lowest BCUT2D eigenvalue weighted by atomic mass is 10.2. The molecule has 0 saturated carbocycles. The van der Waals surface area contributed by atoms with Crippen molar-refractivity contribution in [1.29, 1.82) is 0 Å². The molecule has 2 aromatic rings. The van der Waals surface area contributed by atoms with Crippen LogP contribution in [-0.2, 0) is 6.54 Å². The summed E-state index contributed by atoms with van der Waals surface area (Å²) < 4.78 is 13.0. The number of pyridine rings is 1. The topological polar surface area (TPSA) is 42.2 Å². The first-order chi connectivity index (χ1) is 8.70. The van der Waals surface area contributed by atoms with Crippen molar-refractivity contribution in [3.8, 4) is 0 Å². The quantitative estimate of drug-likeness (QED) is 0.842. The normalized spacial score (nSPS) is 10.3. The maximum absolute atomic E-state index is 13.0. The summed E-state index contributed by atoms with van der Waals surface area (Å²) in [4.78, 5) is 6.09. The Morgan fingerprint density at radius 3 is 2.56 bits per heavy atom. The van der Waals surface area contributed by atoms with Crippen molar-refractivity contribution in [3.63, 3.8) is 0 Å². The van der Waals surface area contributed by atoms with Gasteiger partial charge in [0, 0.05) is 25.5 Å². The molecule has 0 amide bonds. The molecule has 94 valence electrons. The van der Waals surface area contributed by atoms with Crippen LogP contribution in [0.15, 0.2) is 42.7 Å². The maximum atomic E-state index is 13.0. The molecule has 0 unspecified atom stereocenters. The van der Waals surface area contributed by atoms with Gasteiger partial charge in [-0.05, 0) is 42.8 Å². The lowest BCUT2D eigenvalue weighted by Crippen LogP contribution is -2.23. The Hall–Kier alpha value is -2.10. The average molecular weight is 245 g/mol. The molecule has 2 rings (SSSR count). The third kappa shape index (κ3) is 2.77. The molecular formula is C14H16FN3. The van der Waals surface area contributed by atoms with Crippen molar-refractivity contribution in [2.75, 3.05) is 17.2 Å². The highest BCUT2D eigenvalue weighted by atomic mass is 19.1. The van der Waals surface area contributed by atoms with Crippen molar-refractivity contribution in [1.82, 2.24) is 4.98 Å². The van der Waals surface area contributed by atoms with Crippen LogP contribution >= 0.6 is 0 Å². The van der Waals surface area contributed by atoms with Crippen LogP contribution in [-0.4, -0.2) is 11.5 Å².